The number of rotatable bonds is 6. The molecule has 0 radical (unpaired) electrons. The zero-order valence-electron chi connectivity index (χ0n) is 12.6. The number of ether oxygens (including phenoxy) is 1. The summed E-state index contributed by atoms with van der Waals surface area (Å²) < 4.78 is 5.83. The molecular weight excluding hydrogens is 264 g/mol. The summed E-state index contributed by atoms with van der Waals surface area (Å²) in [7, 11) is 0. The lowest BCUT2D eigenvalue weighted by atomic mass is 9.82. The van der Waals surface area contributed by atoms with Crippen LogP contribution in [0.1, 0.15) is 56.1 Å². The molecule has 114 valence electrons. The van der Waals surface area contributed by atoms with Crippen LogP contribution in [0.15, 0.2) is 30.3 Å². The van der Waals surface area contributed by atoms with E-state index in [4.69, 9.17) is 9.84 Å². The number of carbonyl (C=O) groups is 1. The zero-order chi connectivity index (χ0) is 15.1. The van der Waals surface area contributed by atoms with E-state index in [0.717, 1.165) is 31.4 Å². The van der Waals surface area contributed by atoms with Gasteiger partial charge in [0.1, 0.15) is 0 Å². The van der Waals surface area contributed by atoms with Crippen LogP contribution in [0.25, 0.3) is 6.08 Å². The lowest BCUT2D eigenvalue weighted by molar-refractivity contribution is -0.131. The summed E-state index contributed by atoms with van der Waals surface area (Å²) in [6.07, 6.45) is 8.98. The number of benzene rings is 1. The molecular formula is C18H24O3. The summed E-state index contributed by atoms with van der Waals surface area (Å²) in [5, 5.41) is 8.62. The van der Waals surface area contributed by atoms with Gasteiger partial charge >= 0.3 is 5.97 Å². The topological polar surface area (TPSA) is 46.5 Å². The van der Waals surface area contributed by atoms with Gasteiger partial charge in [0.2, 0.25) is 0 Å². The Bertz CT molecular complexity index is 468. The average Bonchev–Trinajstić information content (AvgIpc) is 2.52. The molecule has 0 unspecified atom stereocenters. The zero-order valence-corrected chi connectivity index (χ0v) is 12.6. The third-order valence-electron chi connectivity index (χ3n) is 4.06. The van der Waals surface area contributed by atoms with Gasteiger partial charge in [0.25, 0.3) is 0 Å². The highest BCUT2D eigenvalue weighted by Crippen LogP contribution is 2.34. The minimum atomic E-state index is -0.913. The second-order valence-electron chi connectivity index (χ2n) is 5.68. The third kappa shape index (κ3) is 5.01. The van der Waals surface area contributed by atoms with Crippen molar-refractivity contribution in [2.45, 2.75) is 51.0 Å². The van der Waals surface area contributed by atoms with Gasteiger partial charge in [-0.2, -0.15) is 0 Å². The largest absolute Gasteiger partial charge is 0.478 e. The predicted molar refractivity (Wildman–Crippen MR) is 84.4 cm³/mol. The SMILES string of the molecule is CCCOC1CCC(c2ccc(C=CC(=O)O)cc2)CC1. The van der Waals surface area contributed by atoms with Crippen molar-refractivity contribution in [2.75, 3.05) is 6.61 Å². The molecule has 0 spiro atoms. The molecule has 3 heteroatoms. The number of hydrogen-bond acceptors (Lipinski definition) is 2. The molecule has 1 saturated carbocycles. The fourth-order valence-electron chi connectivity index (χ4n) is 2.89. The van der Waals surface area contributed by atoms with Crippen LogP contribution in [-0.4, -0.2) is 23.8 Å². The first-order chi connectivity index (χ1) is 10.2. The Kier molecular flexibility index (Phi) is 6.00. The standard InChI is InChI=1S/C18H24O3/c1-2-13-21-17-10-8-16(9-11-17)15-6-3-14(4-7-15)5-12-18(19)20/h3-7,12,16-17H,2,8-11,13H2,1H3,(H,19,20). The minimum Gasteiger partial charge on any atom is -0.478 e. The number of carboxylic acid groups (broad SMARTS) is 1. The predicted octanol–water partition coefficient (Wildman–Crippen LogP) is 4.24. The molecule has 0 aliphatic heterocycles. The van der Waals surface area contributed by atoms with E-state index in [9.17, 15) is 4.79 Å². The van der Waals surface area contributed by atoms with Crippen LogP contribution in [-0.2, 0) is 9.53 Å². The van der Waals surface area contributed by atoms with Crippen molar-refractivity contribution >= 4 is 12.0 Å². The quantitative estimate of drug-likeness (QED) is 0.796. The fourth-order valence-corrected chi connectivity index (χ4v) is 2.89. The molecule has 3 nitrogen and oxygen atoms in total. The van der Waals surface area contributed by atoms with Gasteiger partial charge in [-0.3, -0.25) is 0 Å². The minimum absolute atomic E-state index is 0.443. The first kappa shape index (κ1) is 15.8. The number of hydrogen-bond donors (Lipinski definition) is 1. The van der Waals surface area contributed by atoms with Gasteiger partial charge in [0, 0.05) is 12.7 Å². The summed E-state index contributed by atoms with van der Waals surface area (Å²) in [5.74, 6) is -0.298. The summed E-state index contributed by atoms with van der Waals surface area (Å²) in [4.78, 5) is 10.5. The molecule has 0 atom stereocenters. The van der Waals surface area contributed by atoms with Crippen LogP contribution in [0, 0.1) is 0 Å². The first-order valence-electron chi connectivity index (χ1n) is 7.81. The first-order valence-corrected chi connectivity index (χ1v) is 7.81. The highest BCUT2D eigenvalue weighted by molar-refractivity contribution is 5.85. The van der Waals surface area contributed by atoms with Gasteiger partial charge in [-0.25, -0.2) is 4.79 Å². The van der Waals surface area contributed by atoms with E-state index in [2.05, 4.69) is 19.1 Å². The van der Waals surface area contributed by atoms with Gasteiger partial charge in [-0.15, -0.1) is 0 Å². The molecule has 0 heterocycles. The van der Waals surface area contributed by atoms with Gasteiger partial charge < -0.3 is 9.84 Å². The Morgan fingerprint density at radius 3 is 2.48 bits per heavy atom. The molecule has 1 aromatic rings. The lowest BCUT2D eigenvalue weighted by Gasteiger charge is -2.28. The molecule has 0 saturated heterocycles. The Morgan fingerprint density at radius 1 is 1.24 bits per heavy atom. The third-order valence-corrected chi connectivity index (χ3v) is 4.06. The fraction of sp³-hybridized carbons (Fsp3) is 0.500. The molecule has 0 aromatic heterocycles. The summed E-state index contributed by atoms with van der Waals surface area (Å²) >= 11 is 0. The summed E-state index contributed by atoms with van der Waals surface area (Å²) in [6, 6.07) is 8.24. The van der Waals surface area contributed by atoms with Crippen molar-refractivity contribution in [1.29, 1.82) is 0 Å². The molecule has 2 rings (SSSR count). The van der Waals surface area contributed by atoms with Crippen molar-refractivity contribution in [2.24, 2.45) is 0 Å². The van der Waals surface area contributed by atoms with E-state index in [1.807, 2.05) is 12.1 Å². The molecule has 0 bridgehead atoms. The van der Waals surface area contributed by atoms with Gasteiger partial charge in [-0.1, -0.05) is 31.2 Å². The normalized spacial score (nSPS) is 22.5. The van der Waals surface area contributed by atoms with Crippen LogP contribution < -0.4 is 0 Å². The molecule has 1 aromatic carbocycles. The Hall–Kier alpha value is -1.61. The van der Waals surface area contributed by atoms with Crippen LogP contribution >= 0.6 is 0 Å². The Labute approximate surface area is 126 Å². The second-order valence-corrected chi connectivity index (χ2v) is 5.68. The van der Waals surface area contributed by atoms with Crippen molar-refractivity contribution in [1.82, 2.24) is 0 Å². The number of carboxylic acids is 1. The summed E-state index contributed by atoms with van der Waals surface area (Å²) in [6.45, 7) is 3.02. The Morgan fingerprint density at radius 2 is 1.90 bits per heavy atom. The molecule has 1 fully saturated rings. The van der Waals surface area contributed by atoms with Crippen molar-refractivity contribution in [3.63, 3.8) is 0 Å². The second kappa shape index (κ2) is 7.99. The van der Waals surface area contributed by atoms with Crippen LogP contribution in [0.3, 0.4) is 0 Å². The highest BCUT2D eigenvalue weighted by atomic mass is 16.5. The molecule has 21 heavy (non-hydrogen) atoms. The van der Waals surface area contributed by atoms with Gasteiger partial charge in [-0.05, 0) is 55.2 Å². The molecule has 1 aliphatic rings. The van der Waals surface area contributed by atoms with Crippen LogP contribution in [0.4, 0.5) is 0 Å². The maximum absolute atomic E-state index is 10.5. The van der Waals surface area contributed by atoms with E-state index >= 15 is 0 Å². The van der Waals surface area contributed by atoms with E-state index in [0.29, 0.717) is 12.0 Å². The van der Waals surface area contributed by atoms with Gasteiger partial charge in [0.05, 0.1) is 6.10 Å². The maximum Gasteiger partial charge on any atom is 0.328 e. The van der Waals surface area contributed by atoms with Crippen molar-refractivity contribution in [3.8, 4) is 0 Å². The maximum atomic E-state index is 10.5. The van der Waals surface area contributed by atoms with Crippen LogP contribution in [0.2, 0.25) is 0 Å². The lowest BCUT2D eigenvalue weighted by Crippen LogP contribution is -2.21. The van der Waals surface area contributed by atoms with Crippen LogP contribution in [0.5, 0.6) is 0 Å². The van der Waals surface area contributed by atoms with Gasteiger partial charge in [0.15, 0.2) is 0 Å². The van der Waals surface area contributed by atoms with E-state index in [1.54, 1.807) is 6.08 Å². The van der Waals surface area contributed by atoms with Crippen molar-refractivity contribution < 1.29 is 14.6 Å². The monoisotopic (exact) mass is 288 g/mol. The van der Waals surface area contributed by atoms with E-state index in [1.165, 1.54) is 24.5 Å². The molecule has 1 N–H and O–H groups in total. The van der Waals surface area contributed by atoms with Crippen molar-refractivity contribution in [3.05, 3.63) is 41.5 Å². The highest BCUT2D eigenvalue weighted by Gasteiger charge is 2.22. The summed E-state index contributed by atoms with van der Waals surface area (Å²) in [5.41, 5.74) is 2.29. The smallest absolute Gasteiger partial charge is 0.328 e. The van der Waals surface area contributed by atoms with E-state index < -0.39 is 5.97 Å². The molecule has 1 aliphatic carbocycles. The van der Waals surface area contributed by atoms with E-state index in [-0.39, 0.29) is 0 Å². The molecule has 0 amide bonds. The Balaban J connectivity index is 1.87. The number of aliphatic carboxylic acids is 1. The average molecular weight is 288 g/mol.